The zero-order valence-corrected chi connectivity index (χ0v) is 22.7. The zero-order valence-electron chi connectivity index (χ0n) is 19.9. The van der Waals surface area contributed by atoms with E-state index in [-0.39, 0.29) is 46.7 Å². The van der Waals surface area contributed by atoms with E-state index in [0.29, 0.717) is 19.4 Å². The molecule has 2 amide bonds. The predicted octanol–water partition coefficient (Wildman–Crippen LogP) is -1.02. The van der Waals surface area contributed by atoms with Crippen molar-refractivity contribution in [1.29, 1.82) is 0 Å². The molecule has 2 aliphatic heterocycles. The van der Waals surface area contributed by atoms with Crippen molar-refractivity contribution in [1.82, 2.24) is 10.2 Å². The molecule has 1 N–H and O–H groups in total. The summed E-state index contributed by atoms with van der Waals surface area (Å²) >= 11 is 1.41. The number of thioether (sulfide) groups is 1. The van der Waals surface area contributed by atoms with Crippen LogP contribution in [0.15, 0.2) is 24.3 Å². The van der Waals surface area contributed by atoms with Gasteiger partial charge in [-0.25, -0.2) is 0 Å². The fourth-order valence-corrected chi connectivity index (χ4v) is 6.94. The molecule has 7 nitrogen and oxygen atoms in total. The van der Waals surface area contributed by atoms with Crippen LogP contribution in [-0.4, -0.2) is 51.5 Å². The Labute approximate surface area is 221 Å². The van der Waals surface area contributed by atoms with Gasteiger partial charge >= 0.3 is 29.6 Å². The van der Waals surface area contributed by atoms with Gasteiger partial charge in [-0.05, 0) is 39.2 Å². The molecule has 3 unspecified atom stereocenters. The number of hydrogen-bond donors (Lipinski definition) is 1. The maximum absolute atomic E-state index is 13.7. The van der Waals surface area contributed by atoms with Gasteiger partial charge in [0.05, 0.1) is 24.0 Å². The summed E-state index contributed by atoms with van der Waals surface area (Å²) in [7, 11) is 0. The molecule has 33 heavy (non-hydrogen) atoms. The standard InChI is InChI=1S/C24H32N2O5S.Na/c1-4-5-14-31-16-11-7-6-10-15(16)24(12-8-9-13-24)22(30)25-17-19(27)26-18(21(28)29)23(2,3)32-20(17)26;/h6-7,10-11,17-18,20H,4-5,8-9,12-14H2,1-3H3,(H,25,30)(H,28,29);/q;+1/p-1. The van der Waals surface area contributed by atoms with E-state index in [2.05, 4.69) is 12.2 Å². The van der Waals surface area contributed by atoms with E-state index < -0.39 is 28.2 Å². The van der Waals surface area contributed by atoms with Crippen LogP contribution in [0.25, 0.3) is 0 Å². The molecule has 0 bridgehead atoms. The number of benzene rings is 1. The SMILES string of the molecule is CCCCOc1ccccc1C1(C(=O)NC2C(=O)N3C2SC(C)(C)C3C(=O)[O-])CCCC1.[Na+]. The van der Waals surface area contributed by atoms with Crippen LogP contribution in [0.5, 0.6) is 5.75 Å². The largest absolute Gasteiger partial charge is 1.00 e. The average molecular weight is 483 g/mol. The Morgan fingerprint density at radius 3 is 2.55 bits per heavy atom. The summed E-state index contributed by atoms with van der Waals surface area (Å²) in [6.45, 7) is 6.29. The van der Waals surface area contributed by atoms with Gasteiger partial charge in [0, 0.05) is 10.3 Å². The number of carbonyl (C=O) groups is 3. The number of rotatable bonds is 8. The fourth-order valence-electron chi connectivity index (χ4n) is 5.32. The van der Waals surface area contributed by atoms with Crippen LogP contribution in [-0.2, 0) is 19.8 Å². The van der Waals surface area contributed by atoms with Crippen LogP contribution in [0.1, 0.15) is 64.9 Å². The number of aliphatic carboxylic acids is 1. The van der Waals surface area contributed by atoms with E-state index >= 15 is 0 Å². The maximum Gasteiger partial charge on any atom is 1.00 e. The van der Waals surface area contributed by atoms with Crippen LogP contribution in [0.2, 0.25) is 0 Å². The Morgan fingerprint density at radius 2 is 1.91 bits per heavy atom. The second kappa shape index (κ2) is 10.2. The molecule has 9 heteroatoms. The first-order valence-electron chi connectivity index (χ1n) is 11.5. The normalized spacial score (nSPS) is 26.7. The van der Waals surface area contributed by atoms with Crippen LogP contribution in [0.4, 0.5) is 0 Å². The van der Waals surface area contributed by atoms with Crippen molar-refractivity contribution in [3.05, 3.63) is 29.8 Å². The van der Waals surface area contributed by atoms with Gasteiger partial charge in [-0.3, -0.25) is 9.59 Å². The third-order valence-electron chi connectivity index (χ3n) is 7.00. The summed E-state index contributed by atoms with van der Waals surface area (Å²) in [5, 5.41) is 14.3. The molecule has 3 fully saturated rings. The summed E-state index contributed by atoms with van der Waals surface area (Å²) in [5.41, 5.74) is 0.137. The number of ether oxygens (including phenoxy) is 1. The van der Waals surface area contributed by atoms with Crippen LogP contribution in [0.3, 0.4) is 0 Å². The summed E-state index contributed by atoms with van der Waals surface area (Å²) in [5.74, 6) is -1.05. The van der Waals surface area contributed by atoms with Gasteiger partial charge in [0.1, 0.15) is 17.2 Å². The van der Waals surface area contributed by atoms with E-state index in [4.69, 9.17) is 4.74 Å². The molecule has 1 saturated carbocycles. The number of hydrogen-bond acceptors (Lipinski definition) is 6. The van der Waals surface area contributed by atoms with Gasteiger partial charge in [0.15, 0.2) is 0 Å². The Bertz CT molecular complexity index is 918. The number of para-hydroxylation sites is 1. The van der Waals surface area contributed by atoms with Crippen molar-refractivity contribution in [2.24, 2.45) is 0 Å². The van der Waals surface area contributed by atoms with Crippen molar-refractivity contribution in [3.63, 3.8) is 0 Å². The minimum atomic E-state index is -1.26. The van der Waals surface area contributed by atoms with Gasteiger partial charge < -0.3 is 24.9 Å². The van der Waals surface area contributed by atoms with Crippen molar-refractivity contribution < 1.29 is 53.8 Å². The number of carbonyl (C=O) groups excluding carboxylic acids is 3. The Hall–Kier alpha value is -1.22. The van der Waals surface area contributed by atoms with Crippen LogP contribution >= 0.6 is 11.8 Å². The fraction of sp³-hybridized carbons (Fsp3) is 0.625. The van der Waals surface area contributed by atoms with E-state index in [1.54, 1.807) is 13.8 Å². The van der Waals surface area contributed by atoms with E-state index in [1.165, 1.54) is 16.7 Å². The molecule has 0 radical (unpaired) electrons. The number of carboxylic acid groups (broad SMARTS) is 1. The molecule has 2 saturated heterocycles. The van der Waals surface area contributed by atoms with Crippen LogP contribution < -0.4 is 44.7 Å². The molecule has 1 aromatic carbocycles. The number of amides is 2. The second-order valence-electron chi connectivity index (χ2n) is 9.52. The Morgan fingerprint density at radius 1 is 1.24 bits per heavy atom. The molecule has 4 rings (SSSR count). The molecule has 1 aromatic rings. The van der Waals surface area contributed by atoms with Gasteiger partial charge in [-0.1, -0.05) is 44.4 Å². The first-order chi connectivity index (χ1) is 15.2. The number of nitrogens with zero attached hydrogens (tertiary/aromatic N) is 1. The van der Waals surface area contributed by atoms with E-state index in [1.807, 2.05) is 24.3 Å². The monoisotopic (exact) mass is 482 g/mol. The first-order valence-corrected chi connectivity index (χ1v) is 12.3. The van der Waals surface area contributed by atoms with E-state index in [0.717, 1.165) is 37.0 Å². The minimum absolute atomic E-state index is 0. The van der Waals surface area contributed by atoms with E-state index in [9.17, 15) is 19.5 Å². The second-order valence-corrected chi connectivity index (χ2v) is 11.3. The third kappa shape index (κ3) is 4.56. The smallest absolute Gasteiger partial charge is 0.548 e. The molecule has 174 valence electrons. The molecular formula is C24H31N2NaO5S. The predicted molar refractivity (Wildman–Crippen MR) is 120 cm³/mol. The average Bonchev–Trinajstić information content (AvgIpc) is 3.34. The van der Waals surface area contributed by atoms with Gasteiger partial charge in [0.25, 0.3) is 0 Å². The molecule has 0 spiro atoms. The molecular weight excluding hydrogens is 451 g/mol. The molecule has 3 aliphatic rings. The first kappa shape index (κ1) is 26.4. The summed E-state index contributed by atoms with van der Waals surface area (Å²) in [6.07, 6.45) is 5.22. The quantitative estimate of drug-likeness (QED) is 0.289. The van der Waals surface area contributed by atoms with Crippen molar-refractivity contribution in [2.45, 2.75) is 86.9 Å². The van der Waals surface area contributed by atoms with Crippen molar-refractivity contribution in [2.75, 3.05) is 6.61 Å². The van der Waals surface area contributed by atoms with Gasteiger partial charge in [-0.15, -0.1) is 11.8 Å². The summed E-state index contributed by atoms with van der Waals surface area (Å²) in [4.78, 5) is 39.6. The Kier molecular flexibility index (Phi) is 8.14. The van der Waals surface area contributed by atoms with Crippen molar-refractivity contribution >= 4 is 29.5 Å². The molecule has 2 heterocycles. The molecule has 0 aromatic heterocycles. The van der Waals surface area contributed by atoms with Gasteiger partial charge in [-0.2, -0.15) is 0 Å². The minimum Gasteiger partial charge on any atom is -0.548 e. The molecule has 3 atom stereocenters. The topological polar surface area (TPSA) is 98.8 Å². The number of unbranched alkanes of at least 4 members (excludes halogenated alkanes) is 1. The number of nitrogens with one attached hydrogen (secondary N) is 1. The number of carboxylic acids is 1. The maximum atomic E-state index is 13.7. The molecule has 1 aliphatic carbocycles. The summed E-state index contributed by atoms with van der Waals surface area (Å²) in [6, 6.07) is 5.99. The van der Waals surface area contributed by atoms with Crippen LogP contribution in [0, 0.1) is 0 Å². The summed E-state index contributed by atoms with van der Waals surface area (Å²) < 4.78 is 5.36. The number of fused-ring (bicyclic) bond motifs is 1. The Balaban J connectivity index is 0.00000306. The van der Waals surface area contributed by atoms with Gasteiger partial charge in [0.2, 0.25) is 11.8 Å². The third-order valence-corrected chi connectivity index (χ3v) is 8.57. The van der Waals surface area contributed by atoms with Crippen molar-refractivity contribution in [3.8, 4) is 5.75 Å². The number of β-lactam (4-membered cyclic amide) rings is 1. The zero-order chi connectivity index (χ0) is 23.1.